The summed E-state index contributed by atoms with van der Waals surface area (Å²) in [7, 11) is 0. The Morgan fingerprint density at radius 3 is 2.62 bits per heavy atom. The fraction of sp³-hybridized carbons (Fsp3) is 0.778. The Hall–Kier alpha value is -2.58. The van der Waals surface area contributed by atoms with E-state index in [0.717, 1.165) is 5.69 Å². The molecule has 4 aliphatic rings. The summed E-state index contributed by atoms with van der Waals surface area (Å²) in [5.41, 5.74) is 0.597. The van der Waals surface area contributed by atoms with E-state index in [9.17, 15) is 24.6 Å². The van der Waals surface area contributed by atoms with E-state index in [4.69, 9.17) is 9.47 Å². The second-order valence-corrected chi connectivity index (χ2v) is 12.7. The molecule has 3 amide bonds. The highest BCUT2D eigenvalue weighted by Crippen LogP contribution is 2.28. The van der Waals surface area contributed by atoms with Gasteiger partial charge in [-0.25, -0.2) is 4.98 Å². The number of aliphatic hydroxyl groups is 2. The van der Waals surface area contributed by atoms with E-state index >= 15 is 0 Å². The van der Waals surface area contributed by atoms with Crippen molar-refractivity contribution in [1.29, 1.82) is 0 Å². The van der Waals surface area contributed by atoms with Crippen molar-refractivity contribution in [1.82, 2.24) is 30.0 Å². The topological polar surface area (TPSA) is 161 Å². The summed E-state index contributed by atoms with van der Waals surface area (Å²) in [6, 6.07) is -0.711. The van der Waals surface area contributed by atoms with Crippen molar-refractivity contribution in [3.05, 3.63) is 18.2 Å². The maximum absolute atomic E-state index is 13.9. The normalized spacial score (nSPS) is 34.3. The molecule has 0 aromatic carbocycles. The van der Waals surface area contributed by atoms with Crippen LogP contribution in [0, 0.1) is 5.41 Å². The van der Waals surface area contributed by atoms with Crippen LogP contribution in [0.3, 0.4) is 0 Å². The number of rotatable bonds is 3. The van der Waals surface area contributed by atoms with E-state index in [-0.39, 0.29) is 55.1 Å². The molecule has 13 nitrogen and oxygen atoms in total. The third kappa shape index (κ3) is 6.65. The Balaban J connectivity index is 1.41. The van der Waals surface area contributed by atoms with Crippen molar-refractivity contribution in [2.75, 3.05) is 39.3 Å². The number of carbonyl (C=O) groups is 3. The number of aliphatic hydroxyl groups excluding tert-OH is 2. The van der Waals surface area contributed by atoms with E-state index in [0.29, 0.717) is 39.2 Å². The molecule has 0 aliphatic carbocycles. The molecule has 0 radical (unpaired) electrons. The summed E-state index contributed by atoms with van der Waals surface area (Å²) in [5, 5.41) is 24.5. The Labute approximate surface area is 234 Å². The van der Waals surface area contributed by atoms with Crippen LogP contribution < -0.4 is 5.32 Å². The summed E-state index contributed by atoms with van der Waals surface area (Å²) in [6.07, 6.45) is -0.798. The molecule has 0 unspecified atom stereocenters. The number of hydrogen-bond acceptors (Lipinski definition) is 9. The molecule has 222 valence electrons. The number of imidazole rings is 1. The van der Waals surface area contributed by atoms with Crippen LogP contribution >= 0.6 is 0 Å². The average molecular weight is 563 g/mol. The lowest BCUT2D eigenvalue weighted by atomic mass is 9.91. The van der Waals surface area contributed by atoms with Crippen molar-refractivity contribution >= 4 is 17.7 Å². The lowest BCUT2D eigenvalue weighted by molar-refractivity contribution is -0.148. The number of nitrogens with zero attached hydrogens (tertiary/aromatic N) is 4. The van der Waals surface area contributed by atoms with Crippen LogP contribution in [0.15, 0.2) is 12.5 Å². The minimum absolute atomic E-state index is 0.0292. The number of fused-ring (bicyclic) bond motifs is 6. The SMILES string of the molecule is CC(C)(C)CC(=O)N1C[C@@H]2CN(CCO2)C(=O)[C@@H]2C[C@@H](CN2Cc2cnc[nH]2)NC(=O)C[C@@H]2O[C@H](C1)[C@@H](O)[C@H]2O. The first-order valence-corrected chi connectivity index (χ1v) is 14.2. The van der Waals surface area contributed by atoms with E-state index in [1.807, 2.05) is 25.7 Å². The fourth-order valence-corrected chi connectivity index (χ4v) is 6.19. The Morgan fingerprint density at radius 1 is 1.12 bits per heavy atom. The second kappa shape index (κ2) is 11.7. The first kappa shape index (κ1) is 28.9. The maximum atomic E-state index is 13.9. The van der Waals surface area contributed by atoms with E-state index in [1.54, 1.807) is 22.3 Å². The molecule has 4 saturated heterocycles. The second-order valence-electron chi connectivity index (χ2n) is 12.7. The summed E-state index contributed by atoms with van der Waals surface area (Å²) < 4.78 is 12.0. The average Bonchev–Trinajstić information content (AvgIpc) is 3.60. The van der Waals surface area contributed by atoms with Crippen LogP contribution in [0.2, 0.25) is 0 Å². The first-order valence-electron chi connectivity index (χ1n) is 14.2. The first-order chi connectivity index (χ1) is 19.0. The van der Waals surface area contributed by atoms with Crippen LogP contribution in [0.4, 0.5) is 0 Å². The molecule has 0 saturated carbocycles. The van der Waals surface area contributed by atoms with Gasteiger partial charge in [-0.3, -0.25) is 19.3 Å². The van der Waals surface area contributed by atoms with E-state index in [2.05, 4.69) is 15.3 Å². The summed E-state index contributed by atoms with van der Waals surface area (Å²) in [6.45, 7) is 8.24. The molecule has 4 fully saturated rings. The molecule has 0 spiro atoms. The number of aromatic nitrogens is 2. The standard InChI is InChI=1S/C27H42N6O7/c1-27(2,3)8-23(35)33-13-18-12-31(4-5-39-18)26(38)19-6-16(10-32(19)11-17-9-28-15-29-17)30-22(34)7-20-24(36)25(37)21(14-33)40-20/h9,15-16,18-21,24-25,36-37H,4-8,10-14H2,1-3H3,(H,28,29)(H,30,34)/t16-,18-,19-,20-,21+,24-,25+/m0/s1. The molecule has 4 aliphatic heterocycles. The van der Waals surface area contributed by atoms with Crippen molar-refractivity contribution in [3.63, 3.8) is 0 Å². The zero-order chi connectivity index (χ0) is 28.6. The van der Waals surface area contributed by atoms with Crippen molar-refractivity contribution in [2.45, 2.75) is 89.2 Å². The Kier molecular flexibility index (Phi) is 8.48. The van der Waals surface area contributed by atoms with Gasteiger partial charge in [0, 0.05) is 63.6 Å². The zero-order valence-electron chi connectivity index (χ0n) is 23.5. The van der Waals surface area contributed by atoms with E-state index in [1.165, 1.54) is 0 Å². The quantitative estimate of drug-likeness (QED) is 0.357. The Morgan fingerprint density at radius 2 is 1.90 bits per heavy atom. The number of carbonyl (C=O) groups excluding carboxylic acids is 3. The van der Waals surface area contributed by atoms with Crippen LogP contribution in [0.1, 0.15) is 45.7 Å². The highest BCUT2D eigenvalue weighted by Gasteiger charge is 2.46. The van der Waals surface area contributed by atoms with Gasteiger partial charge in [0.2, 0.25) is 17.7 Å². The predicted molar refractivity (Wildman–Crippen MR) is 142 cm³/mol. The third-order valence-corrected chi connectivity index (χ3v) is 8.14. The minimum atomic E-state index is -1.26. The van der Waals surface area contributed by atoms with E-state index < -0.39 is 36.6 Å². The smallest absolute Gasteiger partial charge is 0.240 e. The largest absolute Gasteiger partial charge is 0.388 e. The molecule has 13 heteroatoms. The van der Waals surface area contributed by atoms with Gasteiger partial charge in [-0.1, -0.05) is 20.8 Å². The van der Waals surface area contributed by atoms with Gasteiger partial charge in [0.1, 0.15) is 18.3 Å². The zero-order valence-corrected chi connectivity index (χ0v) is 23.5. The lowest BCUT2D eigenvalue weighted by Crippen LogP contribution is -2.55. The molecule has 1 aromatic heterocycles. The van der Waals surface area contributed by atoms with Gasteiger partial charge in [-0.2, -0.15) is 0 Å². The van der Waals surface area contributed by atoms with Gasteiger partial charge in [0.15, 0.2) is 0 Å². The molecular formula is C27H42N6O7. The number of hydrogen-bond donors (Lipinski definition) is 4. The number of ether oxygens (including phenoxy) is 2. The molecule has 4 N–H and O–H groups in total. The number of morpholine rings is 1. The molecule has 5 heterocycles. The van der Waals surface area contributed by atoms with Gasteiger partial charge >= 0.3 is 0 Å². The van der Waals surface area contributed by atoms with Gasteiger partial charge in [-0.15, -0.1) is 0 Å². The number of nitrogens with one attached hydrogen (secondary N) is 2. The van der Waals surface area contributed by atoms with Crippen molar-refractivity contribution in [2.24, 2.45) is 5.41 Å². The molecule has 5 rings (SSSR count). The molecule has 40 heavy (non-hydrogen) atoms. The highest BCUT2D eigenvalue weighted by atomic mass is 16.5. The molecule has 6 bridgehead atoms. The fourth-order valence-electron chi connectivity index (χ4n) is 6.19. The van der Waals surface area contributed by atoms with Crippen LogP contribution in [0.5, 0.6) is 0 Å². The Bertz CT molecular complexity index is 1060. The molecular weight excluding hydrogens is 520 g/mol. The van der Waals surface area contributed by atoms with Crippen molar-refractivity contribution < 1.29 is 34.1 Å². The highest BCUT2D eigenvalue weighted by molar-refractivity contribution is 5.83. The van der Waals surface area contributed by atoms with Crippen LogP contribution in [-0.4, -0.2) is 135 Å². The molecule has 7 atom stereocenters. The summed E-state index contributed by atoms with van der Waals surface area (Å²) in [5.74, 6) is -0.481. The third-order valence-electron chi connectivity index (χ3n) is 8.14. The number of H-pyrrole nitrogens is 1. The maximum Gasteiger partial charge on any atom is 0.240 e. The number of aromatic amines is 1. The van der Waals surface area contributed by atoms with Gasteiger partial charge in [0.25, 0.3) is 0 Å². The van der Waals surface area contributed by atoms with Gasteiger partial charge in [-0.05, 0) is 11.8 Å². The number of amides is 3. The predicted octanol–water partition coefficient (Wildman–Crippen LogP) is -1.15. The summed E-state index contributed by atoms with van der Waals surface area (Å²) in [4.78, 5) is 52.9. The monoisotopic (exact) mass is 562 g/mol. The lowest BCUT2D eigenvalue weighted by Gasteiger charge is -2.39. The number of likely N-dealkylation sites (tertiary alicyclic amines) is 1. The summed E-state index contributed by atoms with van der Waals surface area (Å²) >= 11 is 0. The van der Waals surface area contributed by atoms with Crippen LogP contribution in [0.25, 0.3) is 0 Å². The van der Waals surface area contributed by atoms with Crippen LogP contribution in [-0.2, 0) is 30.4 Å². The van der Waals surface area contributed by atoms with Gasteiger partial charge < -0.3 is 39.8 Å². The van der Waals surface area contributed by atoms with Crippen molar-refractivity contribution in [3.8, 4) is 0 Å². The molecule has 1 aromatic rings. The minimum Gasteiger partial charge on any atom is -0.388 e. The van der Waals surface area contributed by atoms with Gasteiger partial charge in [0.05, 0.1) is 37.6 Å².